The molecule has 0 unspecified atom stereocenters. The Morgan fingerprint density at radius 3 is 2.96 bits per heavy atom. The molecule has 0 N–H and O–H groups in total. The molecule has 1 aliphatic carbocycles. The van der Waals surface area contributed by atoms with E-state index in [4.69, 9.17) is 4.74 Å². The summed E-state index contributed by atoms with van der Waals surface area (Å²) < 4.78 is 18.1. The molecule has 0 atom stereocenters. The maximum atomic E-state index is 12.9. The number of pyridine rings is 1. The average molecular weight is 352 g/mol. The smallest absolute Gasteiger partial charge is 0.253 e. The zero-order chi connectivity index (χ0) is 18.1. The van der Waals surface area contributed by atoms with Gasteiger partial charge >= 0.3 is 0 Å². The van der Waals surface area contributed by atoms with Gasteiger partial charge in [0, 0.05) is 42.4 Å². The van der Waals surface area contributed by atoms with Gasteiger partial charge < -0.3 is 9.64 Å². The number of benzene rings is 1. The lowest BCUT2D eigenvalue weighted by atomic mass is 10.00. The first kappa shape index (κ1) is 16.9. The first-order chi connectivity index (χ1) is 12.7. The number of ether oxygens (including phenoxy) is 1. The van der Waals surface area contributed by atoms with Crippen molar-refractivity contribution in [2.24, 2.45) is 0 Å². The van der Waals surface area contributed by atoms with E-state index in [-0.39, 0.29) is 19.2 Å². The summed E-state index contributed by atoms with van der Waals surface area (Å²) in [6, 6.07) is 10.0. The summed E-state index contributed by atoms with van der Waals surface area (Å²) >= 11 is 0. The van der Waals surface area contributed by atoms with Gasteiger partial charge in [0.25, 0.3) is 5.91 Å². The van der Waals surface area contributed by atoms with Crippen LogP contribution in [0, 0.1) is 0 Å². The molecule has 2 heterocycles. The molecule has 4 nitrogen and oxygen atoms in total. The number of morpholine rings is 1. The zero-order valence-corrected chi connectivity index (χ0v) is 14.8. The molecule has 4 rings (SSSR count). The lowest BCUT2D eigenvalue weighted by Crippen LogP contribution is -2.41. The van der Waals surface area contributed by atoms with Crippen molar-refractivity contribution < 1.29 is 13.9 Å². The predicted molar refractivity (Wildman–Crippen MR) is 99.7 cm³/mol. The molecule has 1 aromatic heterocycles. The number of allylic oxidation sites excluding steroid dienone is 2. The van der Waals surface area contributed by atoms with Crippen LogP contribution in [0.4, 0.5) is 10.1 Å². The Labute approximate surface area is 152 Å². The quantitative estimate of drug-likeness (QED) is 0.840. The van der Waals surface area contributed by atoms with E-state index in [0.29, 0.717) is 19.6 Å². The zero-order valence-electron chi connectivity index (χ0n) is 14.8. The molecule has 1 saturated heterocycles. The van der Waals surface area contributed by atoms with Crippen LogP contribution in [0.5, 0.6) is 0 Å². The minimum atomic E-state index is -0.356. The number of amides is 1. The van der Waals surface area contributed by atoms with Crippen LogP contribution in [0.25, 0.3) is 16.7 Å². The predicted octanol–water partition coefficient (Wildman–Crippen LogP) is 3.80. The lowest BCUT2D eigenvalue weighted by Gasteiger charge is -2.27. The molecule has 0 saturated carbocycles. The van der Waals surface area contributed by atoms with Gasteiger partial charge in [0.2, 0.25) is 0 Å². The molecule has 0 radical (unpaired) electrons. The monoisotopic (exact) mass is 352 g/mol. The van der Waals surface area contributed by atoms with Crippen LogP contribution >= 0.6 is 0 Å². The van der Waals surface area contributed by atoms with E-state index in [1.54, 1.807) is 4.90 Å². The third-order valence-corrected chi connectivity index (χ3v) is 5.06. The van der Waals surface area contributed by atoms with Crippen LogP contribution in [-0.4, -0.2) is 37.3 Å². The molecule has 0 spiro atoms. The summed E-state index contributed by atoms with van der Waals surface area (Å²) in [7, 11) is 0. The molecular formula is C21H21FN2O2. The topological polar surface area (TPSA) is 42.4 Å². The summed E-state index contributed by atoms with van der Waals surface area (Å²) in [6.07, 6.45) is 3.10. The Balaban J connectivity index is 1.69. The SMILES string of the molecule is CC1=C(CCF)c2cc(-c3cccc(N4CCOCC4=O)c3)cnc2C1. The molecule has 134 valence electrons. The van der Waals surface area contributed by atoms with E-state index in [9.17, 15) is 9.18 Å². The van der Waals surface area contributed by atoms with Gasteiger partial charge in [-0.2, -0.15) is 0 Å². The maximum absolute atomic E-state index is 12.9. The van der Waals surface area contributed by atoms with E-state index in [1.165, 1.54) is 5.57 Å². The molecule has 1 amide bonds. The van der Waals surface area contributed by atoms with Gasteiger partial charge in [-0.1, -0.05) is 17.7 Å². The fourth-order valence-corrected chi connectivity index (χ4v) is 3.73. The van der Waals surface area contributed by atoms with Gasteiger partial charge in [0.15, 0.2) is 0 Å². The van der Waals surface area contributed by atoms with Gasteiger partial charge in [-0.05, 0) is 36.3 Å². The van der Waals surface area contributed by atoms with Crippen molar-refractivity contribution >= 4 is 17.2 Å². The second-order valence-electron chi connectivity index (χ2n) is 6.74. The molecule has 1 fully saturated rings. The number of aromatic nitrogens is 1. The summed E-state index contributed by atoms with van der Waals surface area (Å²) in [5.41, 5.74) is 7.22. The Kier molecular flexibility index (Phi) is 4.55. The molecule has 0 bridgehead atoms. The summed E-state index contributed by atoms with van der Waals surface area (Å²) in [6.45, 7) is 2.93. The number of alkyl halides is 1. The van der Waals surface area contributed by atoms with Crippen LogP contribution in [0.15, 0.2) is 42.1 Å². The van der Waals surface area contributed by atoms with Crippen molar-refractivity contribution in [2.45, 2.75) is 19.8 Å². The van der Waals surface area contributed by atoms with Crippen molar-refractivity contribution in [3.63, 3.8) is 0 Å². The molecule has 5 heteroatoms. The Morgan fingerprint density at radius 1 is 1.27 bits per heavy atom. The number of nitrogens with zero attached hydrogens (tertiary/aromatic N) is 2. The standard InChI is InChI=1S/C21H21FN2O2/c1-14-9-20-19(18(14)5-6-22)11-16(12-23-20)15-3-2-4-17(10-15)24-7-8-26-13-21(24)25/h2-4,10-12H,5-9,13H2,1H3. The van der Waals surface area contributed by atoms with Crippen LogP contribution in [0.3, 0.4) is 0 Å². The van der Waals surface area contributed by atoms with E-state index < -0.39 is 0 Å². The van der Waals surface area contributed by atoms with E-state index in [0.717, 1.165) is 40.1 Å². The largest absolute Gasteiger partial charge is 0.370 e. The third-order valence-electron chi connectivity index (χ3n) is 5.06. The van der Waals surface area contributed by atoms with Gasteiger partial charge in [0.05, 0.1) is 19.0 Å². The number of rotatable bonds is 4. The molecule has 1 aliphatic heterocycles. The van der Waals surface area contributed by atoms with Crippen LogP contribution in [0.1, 0.15) is 24.6 Å². The minimum absolute atomic E-state index is 0.0238. The van der Waals surface area contributed by atoms with Crippen LogP contribution in [0.2, 0.25) is 0 Å². The van der Waals surface area contributed by atoms with Crippen molar-refractivity contribution in [3.05, 3.63) is 53.4 Å². The van der Waals surface area contributed by atoms with E-state index in [1.807, 2.05) is 30.5 Å². The van der Waals surface area contributed by atoms with E-state index >= 15 is 0 Å². The van der Waals surface area contributed by atoms with Gasteiger partial charge in [-0.15, -0.1) is 0 Å². The lowest BCUT2D eigenvalue weighted by molar-refractivity contribution is -0.125. The van der Waals surface area contributed by atoms with Gasteiger partial charge in [-0.3, -0.25) is 14.2 Å². The number of carbonyl (C=O) groups is 1. The fourth-order valence-electron chi connectivity index (χ4n) is 3.73. The number of hydrogen-bond donors (Lipinski definition) is 0. The summed E-state index contributed by atoms with van der Waals surface area (Å²) in [4.78, 5) is 18.5. The second-order valence-corrected chi connectivity index (χ2v) is 6.74. The Bertz CT molecular complexity index is 891. The molecule has 2 aromatic rings. The van der Waals surface area contributed by atoms with Crippen molar-refractivity contribution in [2.75, 3.05) is 31.3 Å². The number of halogens is 1. The molecular weight excluding hydrogens is 331 g/mol. The van der Waals surface area contributed by atoms with Crippen molar-refractivity contribution in [1.82, 2.24) is 4.98 Å². The first-order valence-electron chi connectivity index (χ1n) is 8.90. The van der Waals surface area contributed by atoms with Crippen molar-refractivity contribution in [1.29, 1.82) is 0 Å². The van der Waals surface area contributed by atoms with Crippen LogP contribution < -0.4 is 4.90 Å². The van der Waals surface area contributed by atoms with Crippen molar-refractivity contribution in [3.8, 4) is 11.1 Å². The Morgan fingerprint density at radius 2 is 2.15 bits per heavy atom. The highest BCUT2D eigenvalue weighted by molar-refractivity contribution is 5.95. The number of hydrogen-bond acceptors (Lipinski definition) is 3. The summed E-state index contributed by atoms with van der Waals surface area (Å²) in [5, 5.41) is 0. The molecule has 1 aromatic carbocycles. The highest BCUT2D eigenvalue weighted by Crippen LogP contribution is 2.36. The van der Waals surface area contributed by atoms with E-state index in [2.05, 4.69) is 18.0 Å². The van der Waals surface area contributed by atoms with Gasteiger partial charge in [0.1, 0.15) is 6.61 Å². The number of fused-ring (bicyclic) bond motifs is 1. The highest BCUT2D eigenvalue weighted by Gasteiger charge is 2.22. The second kappa shape index (κ2) is 7.00. The van der Waals surface area contributed by atoms with Gasteiger partial charge in [-0.25, -0.2) is 0 Å². The average Bonchev–Trinajstić information content (AvgIpc) is 2.97. The Hall–Kier alpha value is -2.53. The highest BCUT2D eigenvalue weighted by atomic mass is 19.1. The fraction of sp³-hybridized carbons (Fsp3) is 0.333. The normalized spacial score (nSPS) is 17.0. The molecule has 26 heavy (non-hydrogen) atoms. The first-order valence-corrected chi connectivity index (χ1v) is 8.90. The number of anilines is 1. The third kappa shape index (κ3) is 3.03. The summed E-state index contributed by atoms with van der Waals surface area (Å²) in [5.74, 6) is -0.0238. The van der Waals surface area contributed by atoms with Crippen LogP contribution in [-0.2, 0) is 16.0 Å². The molecule has 2 aliphatic rings. The minimum Gasteiger partial charge on any atom is -0.370 e. The maximum Gasteiger partial charge on any atom is 0.253 e. The number of carbonyl (C=O) groups excluding carboxylic acids is 1.